The molecule has 1 fully saturated rings. The first kappa shape index (κ1) is 16.1. The van der Waals surface area contributed by atoms with Crippen LogP contribution in [0.15, 0.2) is 18.2 Å². The molecule has 0 unspecified atom stereocenters. The van der Waals surface area contributed by atoms with E-state index in [9.17, 15) is 18.0 Å². The highest BCUT2D eigenvalue weighted by molar-refractivity contribution is 5.74. The number of rotatable bonds is 3. The fourth-order valence-corrected chi connectivity index (χ4v) is 2.82. The van der Waals surface area contributed by atoms with Gasteiger partial charge in [-0.15, -0.1) is 0 Å². The number of alkyl halides is 3. The predicted octanol–water partition coefficient (Wildman–Crippen LogP) is 2.67. The third-order valence-electron chi connectivity index (χ3n) is 3.80. The summed E-state index contributed by atoms with van der Waals surface area (Å²) in [5.41, 5.74) is 4.45. The summed E-state index contributed by atoms with van der Waals surface area (Å²) in [6.45, 7) is 1.24. The van der Waals surface area contributed by atoms with Crippen molar-refractivity contribution in [1.82, 2.24) is 0 Å². The molecule has 7 heteroatoms. The zero-order valence-electron chi connectivity index (χ0n) is 11.9. The number of carbonyl (C=O) groups excluding carboxylic acids is 1. The predicted molar refractivity (Wildman–Crippen MR) is 74.9 cm³/mol. The van der Waals surface area contributed by atoms with Crippen LogP contribution in [0.1, 0.15) is 30.4 Å². The molecule has 22 heavy (non-hydrogen) atoms. The number of benzene rings is 1. The van der Waals surface area contributed by atoms with Gasteiger partial charge < -0.3 is 10.6 Å². The van der Waals surface area contributed by atoms with E-state index < -0.39 is 11.7 Å². The summed E-state index contributed by atoms with van der Waals surface area (Å²) in [5, 5.41) is 8.95. The van der Waals surface area contributed by atoms with Crippen LogP contribution in [0.25, 0.3) is 0 Å². The Morgan fingerprint density at radius 3 is 2.77 bits per heavy atom. The number of halogens is 3. The smallest absolute Gasteiger partial charge is 0.371 e. The molecule has 0 saturated carbocycles. The lowest BCUT2D eigenvalue weighted by Gasteiger charge is -2.34. The number of hydrogen-bond acceptors (Lipinski definition) is 3. The van der Waals surface area contributed by atoms with E-state index in [4.69, 9.17) is 11.0 Å². The van der Waals surface area contributed by atoms with Crippen molar-refractivity contribution in [1.29, 1.82) is 5.26 Å². The van der Waals surface area contributed by atoms with Crippen molar-refractivity contribution in [3.63, 3.8) is 0 Å². The van der Waals surface area contributed by atoms with E-state index in [2.05, 4.69) is 0 Å². The van der Waals surface area contributed by atoms with Crippen LogP contribution in [0, 0.1) is 17.2 Å². The van der Waals surface area contributed by atoms with Gasteiger partial charge in [0.2, 0.25) is 5.91 Å². The number of anilines is 1. The maximum absolute atomic E-state index is 12.8. The van der Waals surface area contributed by atoms with E-state index in [1.54, 1.807) is 6.07 Å². The molecule has 0 aromatic heterocycles. The van der Waals surface area contributed by atoms with Gasteiger partial charge >= 0.3 is 6.18 Å². The van der Waals surface area contributed by atoms with Crippen molar-refractivity contribution in [2.75, 3.05) is 18.0 Å². The standard InChI is InChI=1S/C15H16F3N3O/c16-15(17,18)13-4-3-12(7-11(13)8-19)21-5-1-2-10(9-21)6-14(20)22/h3-4,7,10H,1-2,5-6,9H2,(H2,20,22)/t10-/m1/s1. The van der Waals surface area contributed by atoms with Crippen LogP contribution >= 0.6 is 0 Å². The maximum Gasteiger partial charge on any atom is 0.417 e. The van der Waals surface area contributed by atoms with E-state index in [0.29, 0.717) is 18.8 Å². The second-order valence-electron chi connectivity index (χ2n) is 5.46. The molecule has 1 aliphatic rings. The second-order valence-corrected chi connectivity index (χ2v) is 5.46. The SMILES string of the molecule is N#Cc1cc(N2CCC[C@H](CC(N)=O)C2)ccc1C(F)(F)F. The molecule has 0 spiro atoms. The van der Waals surface area contributed by atoms with E-state index in [0.717, 1.165) is 18.9 Å². The quantitative estimate of drug-likeness (QED) is 0.933. The van der Waals surface area contributed by atoms with Gasteiger partial charge in [0, 0.05) is 25.2 Å². The monoisotopic (exact) mass is 311 g/mol. The molecule has 1 aromatic carbocycles. The highest BCUT2D eigenvalue weighted by Gasteiger charge is 2.34. The minimum Gasteiger partial charge on any atom is -0.371 e. The number of amides is 1. The molecule has 0 aliphatic carbocycles. The van der Waals surface area contributed by atoms with E-state index >= 15 is 0 Å². The lowest BCUT2D eigenvalue weighted by atomic mass is 9.94. The number of hydrogen-bond donors (Lipinski definition) is 1. The van der Waals surface area contributed by atoms with Gasteiger partial charge in [-0.25, -0.2) is 0 Å². The van der Waals surface area contributed by atoms with Crippen LogP contribution in [0.2, 0.25) is 0 Å². The number of carbonyl (C=O) groups is 1. The molecule has 1 heterocycles. The van der Waals surface area contributed by atoms with Crippen molar-refractivity contribution in [2.45, 2.75) is 25.4 Å². The van der Waals surface area contributed by atoms with Gasteiger partial charge in [-0.05, 0) is 37.0 Å². The molecule has 1 atom stereocenters. The van der Waals surface area contributed by atoms with Crippen LogP contribution in [0.4, 0.5) is 18.9 Å². The molecule has 4 nitrogen and oxygen atoms in total. The fourth-order valence-electron chi connectivity index (χ4n) is 2.82. The van der Waals surface area contributed by atoms with Gasteiger partial charge in [0.25, 0.3) is 0 Å². The van der Waals surface area contributed by atoms with Crippen LogP contribution in [-0.4, -0.2) is 19.0 Å². The molecule has 2 N–H and O–H groups in total. The molecule has 1 aliphatic heterocycles. The van der Waals surface area contributed by atoms with Crippen molar-refractivity contribution >= 4 is 11.6 Å². The summed E-state index contributed by atoms with van der Waals surface area (Å²) in [5.74, 6) is -0.281. The summed E-state index contributed by atoms with van der Waals surface area (Å²) < 4.78 is 38.4. The molecule has 1 aromatic rings. The van der Waals surface area contributed by atoms with Crippen molar-refractivity contribution in [2.24, 2.45) is 11.7 Å². The first-order valence-corrected chi connectivity index (χ1v) is 6.96. The molecule has 1 amide bonds. The lowest BCUT2D eigenvalue weighted by molar-refractivity contribution is -0.137. The first-order chi connectivity index (χ1) is 10.3. The van der Waals surface area contributed by atoms with Crippen LogP contribution in [0.5, 0.6) is 0 Å². The highest BCUT2D eigenvalue weighted by atomic mass is 19.4. The van der Waals surface area contributed by atoms with Gasteiger partial charge in [-0.1, -0.05) is 0 Å². The second kappa shape index (κ2) is 6.26. The Morgan fingerprint density at radius 1 is 1.45 bits per heavy atom. The Labute approximate surface area is 126 Å². The topological polar surface area (TPSA) is 70.1 Å². The normalized spacial score (nSPS) is 18.8. The molecule has 2 rings (SSSR count). The Morgan fingerprint density at radius 2 is 2.18 bits per heavy atom. The summed E-state index contributed by atoms with van der Waals surface area (Å²) in [7, 11) is 0. The highest BCUT2D eigenvalue weighted by Crippen LogP contribution is 2.34. The summed E-state index contributed by atoms with van der Waals surface area (Å²) in [6, 6.07) is 5.17. The Balaban J connectivity index is 2.22. The fraction of sp³-hybridized carbons (Fsp3) is 0.467. The van der Waals surface area contributed by atoms with Gasteiger partial charge in [0.05, 0.1) is 17.2 Å². The minimum absolute atomic E-state index is 0.0964. The van der Waals surface area contributed by atoms with E-state index in [-0.39, 0.29) is 23.8 Å². The molecular formula is C15H16F3N3O. The maximum atomic E-state index is 12.8. The zero-order chi connectivity index (χ0) is 16.3. The molecule has 0 radical (unpaired) electrons. The van der Waals surface area contributed by atoms with Gasteiger partial charge in [0.1, 0.15) is 0 Å². The van der Waals surface area contributed by atoms with E-state index in [1.807, 2.05) is 4.90 Å². The van der Waals surface area contributed by atoms with E-state index in [1.165, 1.54) is 12.1 Å². The largest absolute Gasteiger partial charge is 0.417 e. The average molecular weight is 311 g/mol. The number of nitrogens with two attached hydrogens (primary N) is 1. The van der Waals surface area contributed by atoms with Crippen LogP contribution < -0.4 is 10.6 Å². The van der Waals surface area contributed by atoms with Crippen LogP contribution in [0.3, 0.4) is 0 Å². The molecule has 1 saturated heterocycles. The number of nitrogens with zero attached hydrogens (tertiary/aromatic N) is 2. The van der Waals surface area contributed by atoms with Crippen LogP contribution in [-0.2, 0) is 11.0 Å². The third kappa shape index (κ3) is 3.70. The summed E-state index contributed by atoms with van der Waals surface area (Å²) >= 11 is 0. The summed E-state index contributed by atoms with van der Waals surface area (Å²) in [6.07, 6.45) is -2.58. The van der Waals surface area contributed by atoms with Crippen molar-refractivity contribution in [3.05, 3.63) is 29.3 Å². The zero-order valence-corrected chi connectivity index (χ0v) is 11.9. The lowest BCUT2D eigenvalue weighted by Crippen LogP contribution is -2.37. The molecular weight excluding hydrogens is 295 g/mol. The number of piperidine rings is 1. The minimum atomic E-state index is -4.54. The molecule has 118 valence electrons. The Bertz CT molecular complexity index is 607. The Kier molecular flexibility index (Phi) is 4.59. The summed E-state index contributed by atoms with van der Waals surface area (Å²) in [4.78, 5) is 12.9. The van der Waals surface area contributed by atoms with Gasteiger partial charge in [-0.3, -0.25) is 4.79 Å². The Hall–Kier alpha value is -2.23. The number of nitriles is 1. The van der Waals surface area contributed by atoms with Gasteiger partial charge in [-0.2, -0.15) is 18.4 Å². The van der Waals surface area contributed by atoms with Crippen molar-refractivity contribution in [3.8, 4) is 6.07 Å². The molecule has 0 bridgehead atoms. The first-order valence-electron chi connectivity index (χ1n) is 6.96. The number of primary amides is 1. The third-order valence-corrected chi connectivity index (χ3v) is 3.80. The average Bonchev–Trinajstić information content (AvgIpc) is 2.45. The van der Waals surface area contributed by atoms with Gasteiger partial charge in [0.15, 0.2) is 0 Å². The van der Waals surface area contributed by atoms with Crippen molar-refractivity contribution < 1.29 is 18.0 Å².